The molecule has 1 rings (SSSR count). The van der Waals surface area contributed by atoms with Crippen LogP contribution in [0, 0.1) is 0 Å². The molecule has 0 aliphatic heterocycles. The Balaban J connectivity index is 0. The SMILES string of the molecule is CO.[Fe].c1c[nH]cn1. The van der Waals surface area contributed by atoms with E-state index < -0.39 is 0 Å². The van der Waals surface area contributed by atoms with Gasteiger partial charge in [0.1, 0.15) is 0 Å². The van der Waals surface area contributed by atoms with Crippen LogP contribution in [0.2, 0.25) is 0 Å². The second-order valence-corrected chi connectivity index (χ2v) is 0.761. The van der Waals surface area contributed by atoms with Crippen LogP contribution in [0.15, 0.2) is 18.7 Å². The molecular formula is C4H8FeN2O. The third-order valence-corrected chi connectivity index (χ3v) is 0.406. The Hall–Kier alpha value is -0.311. The topological polar surface area (TPSA) is 48.9 Å². The van der Waals surface area contributed by atoms with Crippen molar-refractivity contribution < 1.29 is 22.2 Å². The molecule has 0 aromatic carbocycles. The summed E-state index contributed by atoms with van der Waals surface area (Å²) in [5.41, 5.74) is 0. The molecule has 0 aliphatic carbocycles. The molecule has 2 N–H and O–H groups in total. The summed E-state index contributed by atoms with van der Waals surface area (Å²) in [6.45, 7) is 0. The van der Waals surface area contributed by atoms with E-state index in [1.807, 2.05) is 0 Å². The fourth-order valence-electron chi connectivity index (χ4n) is 0.215. The minimum absolute atomic E-state index is 0. The van der Waals surface area contributed by atoms with Crippen LogP contribution < -0.4 is 0 Å². The molecule has 0 radical (unpaired) electrons. The largest absolute Gasteiger partial charge is 0.400 e. The van der Waals surface area contributed by atoms with E-state index in [-0.39, 0.29) is 17.1 Å². The molecule has 1 aromatic heterocycles. The molecule has 0 saturated carbocycles. The van der Waals surface area contributed by atoms with Gasteiger partial charge in [-0.15, -0.1) is 0 Å². The summed E-state index contributed by atoms with van der Waals surface area (Å²) in [7, 11) is 1.00. The maximum atomic E-state index is 7.00. The number of nitrogens with zero attached hydrogens (tertiary/aromatic N) is 1. The van der Waals surface area contributed by atoms with Gasteiger partial charge in [0.2, 0.25) is 0 Å². The summed E-state index contributed by atoms with van der Waals surface area (Å²) >= 11 is 0. The van der Waals surface area contributed by atoms with Crippen LogP contribution in [0.25, 0.3) is 0 Å². The van der Waals surface area contributed by atoms with Gasteiger partial charge in [0.05, 0.1) is 6.33 Å². The minimum Gasteiger partial charge on any atom is -0.400 e. The predicted molar refractivity (Wildman–Crippen MR) is 26.7 cm³/mol. The van der Waals surface area contributed by atoms with Gasteiger partial charge in [0, 0.05) is 36.6 Å². The monoisotopic (exact) mass is 156 g/mol. The second-order valence-electron chi connectivity index (χ2n) is 0.761. The quantitative estimate of drug-likeness (QED) is 0.520. The summed E-state index contributed by atoms with van der Waals surface area (Å²) in [4.78, 5) is 6.42. The van der Waals surface area contributed by atoms with Crippen molar-refractivity contribution in [3.63, 3.8) is 0 Å². The van der Waals surface area contributed by atoms with E-state index in [2.05, 4.69) is 9.97 Å². The van der Waals surface area contributed by atoms with Crippen molar-refractivity contribution in [1.29, 1.82) is 0 Å². The van der Waals surface area contributed by atoms with Gasteiger partial charge in [-0.3, -0.25) is 0 Å². The average molecular weight is 156 g/mol. The Kier molecular flexibility index (Phi) is 13.1. The Morgan fingerprint density at radius 2 is 2.12 bits per heavy atom. The molecule has 48 valence electrons. The van der Waals surface area contributed by atoms with E-state index in [0.29, 0.717) is 0 Å². The van der Waals surface area contributed by atoms with Crippen LogP contribution in [-0.4, -0.2) is 22.2 Å². The summed E-state index contributed by atoms with van der Waals surface area (Å²) in [5.74, 6) is 0. The van der Waals surface area contributed by atoms with Crippen LogP contribution in [0.5, 0.6) is 0 Å². The van der Waals surface area contributed by atoms with Crippen LogP contribution in [0.3, 0.4) is 0 Å². The van der Waals surface area contributed by atoms with E-state index in [1.54, 1.807) is 18.7 Å². The van der Waals surface area contributed by atoms with Crippen LogP contribution >= 0.6 is 0 Å². The fourth-order valence-corrected chi connectivity index (χ4v) is 0.215. The number of aliphatic hydroxyl groups excluding tert-OH is 1. The number of aliphatic hydroxyl groups is 1. The molecule has 0 amide bonds. The van der Waals surface area contributed by atoms with Gasteiger partial charge in [-0.1, -0.05) is 0 Å². The van der Waals surface area contributed by atoms with Gasteiger partial charge in [-0.2, -0.15) is 0 Å². The average Bonchev–Trinajstić information content (AvgIpc) is 2.23. The molecule has 0 atom stereocenters. The number of hydrogen-bond acceptors (Lipinski definition) is 2. The van der Waals surface area contributed by atoms with Gasteiger partial charge < -0.3 is 10.1 Å². The molecule has 0 saturated heterocycles. The van der Waals surface area contributed by atoms with E-state index in [9.17, 15) is 0 Å². The fraction of sp³-hybridized carbons (Fsp3) is 0.250. The summed E-state index contributed by atoms with van der Waals surface area (Å²) in [6, 6.07) is 0. The first kappa shape index (κ1) is 10.6. The van der Waals surface area contributed by atoms with E-state index >= 15 is 0 Å². The first-order valence-corrected chi connectivity index (χ1v) is 1.87. The number of H-pyrrole nitrogens is 1. The van der Waals surface area contributed by atoms with Crippen molar-refractivity contribution in [1.82, 2.24) is 9.97 Å². The summed E-state index contributed by atoms with van der Waals surface area (Å²) in [6.07, 6.45) is 5.08. The zero-order chi connectivity index (χ0) is 5.54. The second kappa shape index (κ2) is 9.85. The van der Waals surface area contributed by atoms with Crippen molar-refractivity contribution in [2.75, 3.05) is 7.11 Å². The number of imidazole rings is 1. The van der Waals surface area contributed by atoms with E-state index in [4.69, 9.17) is 5.11 Å². The first-order chi connectivity index (χ1) is 3.50. The maximum Gasteiger partial charge on any atom is 0.0919 e. The molecule has 0 spiro atoms. The number of rotatable bonds is 0. The van der Waals surface area contributed by atoms with Crippen LogP contribution in [0.4, 0.5) is 0 Å². The van der Waals surface area contributed by atoms with Gasteiger partial charge >= 0.3 is 0 Å². The Morgan fingerprint density at radius 1 is 1.50 bits per heavy atom. The molecule has 0 fully saturated rings. The normalized spacial score (nSPS) is 5.75. The molecule has 8 heavy (non-hydrogen) atoms. The minimum atomic E-state index is 0. The Bertz CT molecular complexity index is 70.5. The molecule has 1 heterocycles. The van der Waals surface area contributed by atoms with Crippen molar-refractivity contribution in [3.8, 4) is 0 Å². The van der Waals surface area contributed by atoms with E-state index in [1.165, 1.54) is 0 Å². The standard InChI is InChI=1S/C3H4N2.CH4O.Fe/c1-2-5-3-4-1;1-2;/h1-3H,(H,4,5);2H,1H3;. The van der Waals surface area contributed by atoms with Crippen LogP contribution in [0.1, 0.15) is 0 Å². The Morgan fingerprint density at radius 3 is 2.25 bits per heavy atom. The molecule has 1 aromatic rings. The third-order valence-electron chi connectivity index (χ3n) is 0.406. The molecule has 0 bridgehead atoms. The van der Waals surface area contributed by atoms with Gasteiger partial charge in [0.15, 0.2) is 0 Å². The van der Waals surface area contributed by atoms with Gasteiger partial charge in [0.25, 0.3) is 0 Å². The van der Waals surface area contributed by atoms with Crippen molar-refractivity contribution >= 4 is 0 Å². The van der Waals surface area contributed by atoms with Crippen LogP contribution in [-0.2, 0) is 17.1 Å². The molecule has 4 heteroatoms. The number of aromatic amines is 1. The zero-order valence-electron chi connectivity index (χ0n) is 4.48. The molecule has 0 unspecified atom stereocenters. The van der Waals surface area contributed by atoms with Gasteiger partial charge in [-0.25, -0.2) is 4.98 Å². The molecular weight excluding hydrogens is 148 g/mol. The van der Waals surface area contributed by atoms with Crippen molar-refractivity contribution in [2.45, 2.75) is 0 Å². The number of aromatic nitrogens is 2. The maximum absolute atomic E-state index is 7.00. The first-order valence-electron chi connectivity index (χ1n) is 1.87. The summed E-state index contributed by atoms with van der Waals surface area (Å²) < 4.78 is 0. The van der Waals surface area contributed by atoms with E-state index in [0.717, 1.165) is 7.11 Å². The number of hydrogen-bond donors (Lipinski definition) is 2. The van der Waals surface area contributed by atoms with Crippen molar-refractivity contribution in [2.24, 2.45) is 0 Å². The summed E-state index contributed by atoms with van der Waals surface area (Å²) in [5, 5.41) is 7.00. The van der Waals surface area contributed by atoms with Crippen molar-refractivity contribution in [3.05, 3.63) is 18.7 Å². The molecule has 3 nitrogen and oxygen atoms in total. The smallest absolute Gasteiger partial charge is 0.0919 e. The number of nitrogens with one attached hydrogen (secondary N) is 1. The zero-order valence-corrected chi connectivity index (χ0v) is 5.58. The predicted octanol–water partition coefficient (Wildman–Crippen LogP) is 0.0157. The third kappa shape index (κ3) is 5.69. The molecule has 0 aliphatic rings. The van der Waals surface area contributed by atoms with Gasteiger partial charge in [-0.05, 0) is 0 Å². The Labute approximate surface area is 58.6 Å².